The van der Waals surface area contributed by atoms with E-state index in [1.807, 2.05) is 31.4 Å². The maximum absolute atomic E-state index is 12.4. The highest BCUT2D eigenvalue weighted by Gasteiger charge is 2.14. The van der Waals surface area contributed by atoms with Crippen molar-refractivity contribution in [3.8, 4) is 5.69 Å². The van der Waals surface area contributed by atoms with Gasteiger partial charge in [0.25, 0.3) is 5.91 Å². The number of aryl methyl sites for hydroxylation is 1. The number of rotatable bonds is 3. The van der Waals surface area contributed by atoms with Crippen molar-refractivity contribution in [2.24, 2.45) is 7.05 Å². The van der Waals surface area contributed by atoms with Crippen molar-refractivity contribution < 1.29 is 4.79 Å². The molecule has 0 aliphatic heterocycles. The van der Waals surface area contributed by atoms with Gasteiger partial charge in [0.2, 0.25) is 0 Å². The second-order valence-corrected chi connectivity index (χ2v) is 5.30. The molecule has 0 bridgehead atoms. The highest BCUT2D eigenvalue weighted by molar-refractivity contribution is 9.10. The number of amides is 1. The zero-order valence-electron chi connectivity index (χ0n) is 11.1. The largest absolute Gasteiger partial charge is 0.345 e. The smallest absolute Gasteiger partial charge is 0.272 e. The third-order valence-electron chi connectivity index (χ3n) is 2.95. The van der Waals surface area contributed by atoms with Crippen LogP contribution < -0.4 is 5.32 Å². The lowest BCUT2D eigenvalue weighted by Gasteiger charge is -2.10. The van der Waals surface area contributed by atoms with Crippen LogP contribution in [-0.4, -0.2) is 30.7 Å². The van der Waals surface area contributed by atoms with Gasteiger partial charge in [0.05, 0.1) is 11.4 Å². The Morgan fingerprint density at radius 2 is 2.14 bits per heavy atom. The fourth-order valence-electron chi connectivity index (χ4n) is 1.99. The number of benzene rings is 1. The van der Waals surface area contributed by atoms with E-state index in [0.717, 1.165) is 4.47 Å². The van der Waals surface area contributed by atoms with Gasteiger partial charge in [-0.25, -0.2) is 0 Å². The van der Waals surface area contributed by atoms with Crippen molar-refractivity contribution in [1.82, 2.24) is 24.8 Å². The number of halogens is 1. The van der Waals surface area contributed by atoms with E-state index in [-0.39, 0.29) is 5.91 Å². The lowest BCUT2D eigenvalue weighted by atomic mass is 10.2. The van der Waals surface area contributed by atoms with Gasteiger partial charge in [0.1, 0.15) is 12.0 Å². The minimum atomic E-state index is -0.205. The summed E-state index contributed by atoms with van der Waals surface area (Å²) in [7, 11) is 1.81. The van der Waals surface area contributed by atoms with Crippen LogP contribution in [0.1, 0.15) is 10.5 Å². The topological polar surface area (TPSA) is 77.6 Å². The molecular weight excluding hydrogens is 336 g/mol. The van der Waals surface area contributed by atoms with E-state index in [1.54, 1.807) is 16.7 Å². The Morgan fingerprint density at radius 1 is 1.33 bits per heavy atom. The average molecular weight is 347 g/mol. The van der Waals surface area contributed by atoms with Crippen molar-refractivity contribution in [2.45, 2.75) is 0 Å². The van der Waals surface area contributed by atoms with Gasteiger partial charge in [-0.2, -0.15) is 4.68 Å². The van der Waals surface area contributed by atoms with Crippen molar-refractivity contribution >= 4 is 27.5 Å². The van der Waals surface area contributed by atoms with Gasteiger partial charge < -0.3 is 9.88 Å². The first-order valence-electron chi connectivity index (χ1n) is 6.11. The van der Waals surface area contributed by atoms with Crippen LogP contribution in [0.4, 0.5) is 5.69 Å². The second-order valence-electron chi connectivity index (χ2n) is 4.38. The second kappa shape index (κ2) is 5.49. The number of para-hydroxylation sites is 2. The summed E-state index contributed by atoms with van der Waals surface area (Å²) in [5.74, 6) is -0.205. The molecule has 8 heteroatoms. The molecule has 2 aromatic heterocycles. The van der Waals surface area contributed by atoms with E-state index in [9.17, 15) is 4.79 Å². The summed E-state index contributed by atoms with van der Waals surface area (Å²) in [6.07, 6.45) is 3.30. The molecule has 1 amide bonds. The number of nitrogens with zero attached hydrogens (tertiary/aromatic N) is 5. The third kappa shape index (κ3) is 2.70. The Bertz CT molecular complexity index is 780. The van der Waals surface area contributed by atoms with E-state index in [2.05, 4.69) is 36.8 Å². The summed E-state index contributed by atoms with van der Waals surface area (Å²) in [6, 6.07) is 9.07. The molecule has 1 N–H and O–H groups in total. The number of aromatic nitrogens is 5. The molecular formula is C13H11BrN6O. The van der Waals surface area contributed by atoms with E-state index >= 15 is 0 Å². The fraction of sp³-hybridized carbons (Fsp3) is 0.0769. The van der Waals surface area contributed by atoms with Crippen molar-refractivity contribution in [3.05, 3.63) is 53.0 Å². The summed E-state index contributed by atoms with van der Waals surface area (Å²) in [4.78, 5) is 12.4. The van der Waals surface area contributed by atoms with E-state index in [4.69, 9.17) is 0 Å². The van der Waals surface area contributed by atoms with Crippen LogP contribution in [0.15, 0.2) is 47.3 Å². The van der Waals surface area contributed by atoms with Crippen LogP contribution in [-0.2, 0) is 7.05 Å². The summed E-state index contributed by atoms with van der Waals surface area (Å²) < 4.78 is 4.10. The normalized spacial score (nSPS) is 10.6. The molecule has 106 valence electrons. The Balaban J connectivity index is 1.92. The molecule has 0 saturated carbocycles. The maximum atomic E-state index is 12.4. The minimum Gasteiger partial charge on any atom is -0.345 e. The van der Waals surface area contributed by atoms with Crippen molar-refractivity contribution in [3.63, 3.8) is 0 Å². The average Bonchev–Trinajstić information content (AvgIpc) is 3.09. The Labute approximate surface area is 128 Å². The summed E-state index contributed by atoms with van der Waals surface area (Å²) in [5, 5.41) is 13.9. The van der Waals surface area contributed by atoms with Crippen LogP contribution >= 0.6 is 15.9 Å². The summed E-state index contributed by atoms with van der Waals surface area (Å²) >= 11 is 3.35. The zero-order valence-corrected chi connectivity index (χ0v) is 12.6. The lowest BCUT2D eigenvalue weighted by Crippen LogP contribution is -2.16. The molecule has 0 unspecified atom stereocenters. The number of hydrogen-bond acceptors (Lipinski definition) is 4. The van der Waals surface area contributed by atoms with E-state index in [0.29, 0.717) is 17.1 Å². The molecule has 1 aromatic carbocycles. The molecule has 3 rings (SSSR count). The van der Waals surface area contributed by atoms with Gasteiger partial charge in [-0.3, -0.25) is 4.79 Å². The van der Waals surface area contributed by atoms with Gasteiger partial charge in [0.15, 0.2) is 0 Å². The number of hydrogen-bond donors (Lipinski definition) is 1. The number of nitrogens with one attached hydrogen (secondary N) is 1. The summed E-state index contributed by atoms with van der Waals surface area (Å²) in [5.41, 5.74) is 1.88. The van der Waals surface area contributed by atoms with Gasteiger partial charge in [0, 0.05) is 17.7 Å². The molecule has 2 heterocycles. The lowest BCUT2D eigenvalue weighted by molar-refractivity contribution is 0.101. The first-order chi connectivity index (χ1) is 10.1. The van der Waals surface area contributed by atoms with Crippen LogP contribution in [0.3, 0.4) is 0 Å². The third-order valence-corrected chi connectivity index (χ3v) is 3.39. The van der Waals surface area contributed by atoms with Crippen LogP contribution in [0.2, 0.25) is 0 Å². The van der Waals surface area contributed by atoms with Crippen LogP contribution in [0.25, 0.3) is 5.69 Å². The zero-order chi connectivity index (χ0) is 14.8. The SMILES string of the molecule is Cn1cc(Br)cc1C(=O)Nc1ccccc1-n1cnnn1. The minimum absolute atomic E-state index is 0.205. The van der Waals surface area contributed by atoms with Crippen LogP contribution in [0, 0.1) is 0 Å². The molecule has 0 saturated heterocycles. The molecule has 0 aliphatic rings. The number of carbonyl (C=O) groups excluding carboxylic acids is 1. The quantitative estimate of drug-likeness (QED) is 0.786. The van der Waals surface area contributed by atoms with Crippen molar-refractivity contribution in [2.75, 3.05) is 5.32 Å². The molecule has 0 radical (unpaired) electrons. The Morgan fingerprint density at radius 3 is 2.81 bits per heavy atom. The summed E-state index contributed by atoms with van der Waals surface area (Å²) in [6.45, 7) is 0. The molecule has 0 aliphatic carbocycles. The molecule has 0 fully saturated rings. The molecule has 21 heavy (non-hydrogen) atoms. The van der Waals surface area contributed by atoms with Gasteiger partial charge >= 0.3 is 0 Å². The maximum Gasteiger partial charge on any atom is 0.272 e. The van der Waals surface area contributed by atoms with E-state index in [1.165, 1.54) is 11.0 Å². The number of carbonyl (C=O) groups is 1. The van der Waals surface area contributed by atoms with Crippen LogP contribution in [0.5, 0.6) is 0 Å². The fourth-order valence-corrected chi connectivity index (χ4v) is 2.51. The highest BCUT2D eigenvalue weighted by atomic mass is 79.9. The predicted molar refractivity (Wildman–Crippen MR) is 80.2 cm³/mol. The van der Waals surface area contributed by atoms with Gasteiger partial charge in [-0.15, -0.1) is 5.10 Å². The molecule has 3 aromatic rings. The van der Waals surface area contributed by atoms with Gasteiger partial charge in [-0.1, -0.05) is 12.1 Å². The number of anilines is 1. The monoisotopic (exact) mass is 346 g/mol. The standard InChI is InChI=1S/C13H11BrN6O/c1-19-7-9(14)6-12(19)13(21)16-10-4-2-3-5-11(10)20-8-15-17-18-20/h2-8H,1H3,(H,16,21). The molecule has 0 atom stereocenters. The Kier molecular flexibility index (Phi) is 3.53. The van der Waals surface area contributed by atoms with Crippen molar-refractivity contribution in [1.29, 1.82) is 0 Å². The first kappa shape index (κ1) is 13.5. The number of tetrazole rings is 1. The van der Waals surface area contributed by atoms with Gasteiger partial charge in [-0.05, 0) is 44.6 Å². The molecule has 7 nitrogen and oxygen atoms in total. The predicted octanol–water partition coefficient (Wildman–Crippen LogP) is 2.02. The van der Waals surface area contributed by atoms with E-state index < -0.39 is 0 Å². The highest BCUT2D eigenvalue weighted by Crippen LogP contribution is 2.20. The molecule has 0 spiro atoms. The Hall–Kier alpha value is -2.48. The first-order valence-corrected chi connectivity index (χ1v) is 6.90.